The Labute approximate surface area is 102 Å². The zero-order chi connectivity index (χ0) is 13.1. The van der Waals surface area contributed by atoms with E-state index in [1.54, 1.807) is 19.1 Å². The van der Waals surface area contributed by atoms with Crippen molar-refractivity contribution in [1.29, 1.82) is 0 Å². The second kappa shape index (κ2) is 4.79. The van der Waals surface area contributed by atoms with Crippen LogP contribution in [0.1, 0.15) is 12.5 Å². The maximum atomic E-state index is 11.6. The summed E-state index contributed by atoms with van der Waals surface area (Å²) in [5, 5.41) is 0. The third-order valence-corrected chi connectivity index (χ3v) is 2.24. The topological polar surface area (TPSA) is 82.6 Å². The van der Waals surface area contributed by atoms with Crippen molar-refractivity contribution in [3.8, 4) is 0 Å². The van der Waals surface area contributed by atoms with Gasteiger partial charge in [0.1, 0.15) is 0 Å². The van der Waals surface area contributed by atoms with Crippen molar-refractivity contribution in [3.05, 3.63) is 35.7 Å². The predicted octanol–water partition coefficient (Wildman–Crippen LogP) is 0.482. The molecule has 0 N–H and O–H groups in total. The fraction of sp³-hybridized carbons (Fsp3) is 0.167. The predicted molar refractivity (Wildman–Crippen MR) is 58.9 cm³/mol. The summed E-state index contributed by atoms with van der Waals surface area (Å²) in [6.45, 7) is 1.70. The fourth-order valence-corrected chi connectivity index (χ4v) is 1.48. The van der Waals surface area contributed by atoms with Gasteiger partial charge >= 0.3 is 11.9 Å². The summed E-state index contributed by atoms with van der Waals surface area (Å²) in [5.74, 6) is -3.05. The van der Waals surface area contributed by atoms with Gasteiger partial charge in [0.15, 0.2) is 11.3 Å². The summed E-state index contributed by atoms with van der Waals surface area (Å²) in [7, 11) is 0. The van der Waals surface area contributed by atoms with Crippen LogP contribution in [0.3, 0.4) is 0 Å². The van der Waals surface area contributed by atoms with Gasteiger partial charge in [-0.2, -0.15) is 0 Å². The van der Waals surface area contributed by atoms with Crippen molar-refractivity contribution >= 4 is 23.5 Å². The molecule has 18 heavy (non-hydrogen) atoms. The molecule has 1 aromatic heterocycles. The molecular formula is C12H9NO5. The zero-order valence-corrected chi connectivity index (χ0v) is 9.50. The Balaban J connectivity index is 2.49. The molecule has 0 radical (unpaired) electrons. The first-order valence-electron chi connectivity index (χ1n) is 5.23. The monoisotopic (exact) mass is 247 g/mol. The van der Waals surface area contributed by atoms with Gasteiger partial charge in [0.25, 0.3) is 5.78 Å². The van der Waals surface area contributed by atoms with E-state index in [0.717, 1.165) is 0 Å². The van der Waals surface area contributed by atoms with Crippen molar-refractivity contribution in [2.24, 2.45) is 0 Å². The molecule has 6 heteroatoms. The van der Waals surface area contributed by atoms with E-state index < -0.39 is 17.7 Å². The van der Waals surface area contributed by atoms with Gasteiger partial charge in [-0.25, -0.2) is 9.59 Å². The number of esters is 2. The van der Waals surface area contributed by atoms with E-state index in [9.17, 15) is 14.4 Å². The van der Waals surface area contributed by atoms with Gasteiger partial charge < -0.3 is 9.47 Å². The lowest BCUT2D eigenvalue weighted by Gasteiger charge is -2.03. The van der Waals surface area contributed by atoms with Gasteiger partial charge in [-0.3, -0.25) is 9.78 Å². The van der Waals surface area contributed by atoms with E-state index in [-0.39, 0.29) is 17.9 Å². The number of rotatable bonds is 3. The van der Waals surface area contributed by atoms with Gasteiger partial charge in [0.2, 0.25) is 0 Å². The number of ether oxygens (including phenoxy) is 2. The molecule has 0 atom stereocenters. The van der Waals surface area contributed by atoms with Crippen molar-refractivity contribution in [2.45, 2.75) is 6.92 Å². The van der Waals surface area contributed by atoms with Crippen LogP contribution in [0.5, 0.6) is 0 Å². The Hall–Kier alpha value is -2.50. The highest BCUT2D eigenvalue weighted by atomic mass is 16.6. The molecule has 1 aliphatic rings. The van der Waals surface area contributed by atoms with Gasteiger partial charge in [-0.15, -0.1) is 0 Å². The van der Waals surface area contributed by atoms with Crippen LogP contribution in [0.4, 0.5) is 0 Å². The van der Waals surface area contributed by atoms with Gasteiger partial charge in [-0.1, -0.05) is 0 Å². The fourth-order valence-electron chi connectivity index (χ4n) is 1.48. The number of pyridine rings is 1. The standard InChI is InChI=1S/C12H9NO5/c1-2-17-11(15)8-9(14)12(16)18-10(8)7-4-3-5-13-6-7/h3-6H,2H2,1H3. The molecule has 1 aromatic rings. The lowest BCUT2D eigenvalue weighted by molar-refractivity contribution is -0.147. The molecular weight excluding hydrogens is 238 g/mol. The van der Waals surface area contributed by atoms with Crippen LogP contribution in [-0.4, -0.2) is 29.3 Å². The number of ketones is 1. The van der Waals surface area contributed by atoms with Crippen LogP contribution in [0.25, 0.3) is 5.76 Å². The maximum Gasteiger partial charge on any atom is 0.385 e. The van der Waals surface area contributed by atoms with Crippen molar-refractivity contribution in [2.75, 3.05) is 6.61 Å². The summed E-state index contributed by atoms with van der Waals surface area (Å²) in [6.07, 6.45) is 2.91. The smallest absolute Gasteiger partial charge is 0.385 e. The van der Waals surface area contributed by atoms with Crippen molar-refractivity contribution in [1.82, 2.24) is 4.98 Å². The minimum absolute atomic E-state index is 0.100. The minimum Gasteiger partial charge on any atom is -0.462 e. The van der Waals surface area contributed by atoms with E-state index in [4.69, 9.17) is 9.47 Å². The number of cyclic esters (lactones) is 1. The Kier molecular flexibility index (Phi) is 3.18. The highest BCUT2D eigenvalue weighted by molar-refractivity contribution is 6.51. The molecule has 2 heterocycles. The molecule has 92 valence electrons. The maximum absolute atomic E-state index is 11.6. The van der Waals surface area contributed by atoms with Crippen LogP contribution in [0, 0.1) is 0 Å². The molecule has 1 aliphatic heterocycles. The highest BCUT2D eigenvalue weighted by Crippen LogP contribution is 2.27. The molecule has 0 aliphatic carbocycles. The lowest BCUT2D eigenvalue weighted by atomic mass is 10.1. The van der Waals surface area contributed by atoms with Gasteiger partial charge in [0.05, 0.1) is 6.61 Å². The van der Waals surface area contributed by atoms with Crippen molar-refractivity contribution in [3.63, 3.8) is 0 Å². The molecule has 0 fully saturated rings. The lowest BCUT2D eigenvalue weighted by Crippen LogP contribution is -2.17. The number of carbonyl (C=O) groups excluding carboxylic acids is 3. The Morgan fingerprint density at radius 1 is 1.44 bits per heavy atom. The quantitative estimate of drug-likeness (QED) is 0.439. The average Bonchev–Trinajstić information content (AvgIpc) is 2.67. The molecule has 0 aromatic carbocycles. The summed E-state index contributed by atoms with van der Waals surface area (Å²) in [5.41, 5.74) is -0.00500. The number of nitrogens with zero attached hydrogens (tertiary/aromatic N) is 1. The van der Waals surface area contributed by atoms with Crippen LogP contribution in [-0.2, 0) is 23.9 Å². The molecule has 0 saturated carbocycles. The molecule has 0 unspecified atom stereocenters. The van der Waals surface area contributed by atoms with E-state index in [2.05, 4.69) is 4.98 Å². The molecule has 0 amide bonds. The second-order valence-electron chi connectivity index (χ2n) is 3.38. The normalized spacial score (nSPS) is 14.7. The third kappa shape index (κ3) is 2.00. The van der Waals surface area contributed by atoms with Crippen LogP contribution >= 0.6 is 0 Å². The minimum atomic E-state index is -1.09. The van der Waals surface area contributed by atoms with Crippen LogP contribution in [0.15, 0.2) is 30.1 Å². The second-order valence-corrected chi connectivity index (χ2v) is 3.38. The molecule has 6 nitrogen and oxygen atoms in total. The van der Waals surface area contributed by atoms with E-state index in [1.165, 1.54) is 12.4 Å². The van der Waals surface area contributed by atoms with E-state index >= 15 is 0 Å². The van der Waals surface area contributed by atoms with Crippen LogP contribution < -0.4 is 0 Å². The van der Waals surface area contributed by atoms with Gasteiger partial charge in [-0.05, 0) is 19.1 Å². The molecule has 2 rings (SSSR count). The summed E-state index contributed by atoms with van der Waals surface area (Å²) >= 11 is 0. The molecule has 0 spiro atoms. The summed E-state index contributed by atoms with van der Waals surface area (Å²) in [4.78, 5) is 38.2. The number of hydrogen-bond acceptors (Lipinski definition) is 6. The molecule has 0 bridgehead atoms. The highest BCUT2D eigenvalue weighted by Gasteiger charge is 2.40. The number of carbonyl (C=O) groups is 3. The molecule has 0 saturated heterocycles. The van der Waals surface area contributed by atoms with E-state index in [1.807, 2.05) is 0 Å². The SMILES string of the molecule is CCOC(=O)C1=C(c2cccnc2)OC(=O)C1=O. The average molecular weight is 247 g/mol. The Bertz CT molecular complexity index is 547. The number of aromatic nitrogens is 1. The first kappa shape index (κ1) is 12.0. The zero-order valence-electron chi connectivity index (χ0n) is 9.50. The summed E-state index contributed by atoms with van der Waals surface area (Å²) in [6, 6.07) is 3.18. The number of Topliss-reactive ketones (excluding diaryl/α,β-unsaturated/α-hetero) is 1. The third-order valence-electron chi connectivity index (χ3n) is 2.24. The number of hydrogen-bond donors (Lipinski definition) is 0. The van der Waals surface area contributed by atoms with Crippen LogP contribution in [0.2, 0.25) is 0 Å². The first-order chi connectivity index (χ1) is 8.65. The first-order valence-corrected chi connectivity index (χ1v) is 5.23. The largest absolute Gasteiger partial charge is 0.462 e. The Morgan fingerprint density at radius 3 is 2.83 bits per heavy atom. The Morgan fingerprint density at radius 2 is 2.22 bits per heavy atom. The van der Waals surface area contributed by atoms with E-state index in [0.29, 0.717) is 5.56 Å². The summed E-state index contributed by atoms with van der Waals surface area (Å²) < 4.78 is 9.52. The van der Waals surface area contributed by atoms with Gasteiger partial charge in [0, 0.05) is 18.0 Å². The van der Waals surface area contributed by atoms with Crippen molar-refractivity contribution < 1.29 is 23.9 Å².